The van der Waals surface area contributed by atoms with Gasteiger partial charge in [-0.3, -0.25) is 0 Å². The molecule has 0 aromatic heterocycles. The highest BCUT2D eigenvalue weighted by atomic mass is 19.1. The van der Waals surface area contributed by atoms with Gasteiger partial charge in [0.2, 0.25) is 5.67 Å². The summed E-state index contributed by atoms with van der Waals surface area (Å²) in [5.41, 5.74) is 2.87. The fraction of sp³-hybridized carbons (Fsp3) is 0.800. The van der Waals surface area contributed by atoms with E-state index in [0.29, 0.717) is 0 Å². The van der Waals surface area contributed by atoms with Crippen LogP contribution in [0.25, 0.3) is 0 Å². The molecule has 1 unspecified atom stereocenters. The number of methoxy groups -OCH3 is 1. The summed E-state index contributed by atoms with van der Waals surface area (Å²) >= 11 is 0. The first-order chi connectivity index (χ1) is 4.04. The Morgan fingerprint density at radius 2 is 2.33 bits per heavy atom. The molecule has 0 heterocycles. The Hall–Kier alpha value is -0.640. The maximum atomic E-state index is 12.6. The minimum atomic E-state index is -2.03. The molecular formula is C5H10FNO2. The van der Waals surface area contributed by atoms with E-state index in [1.807, 2.05) is 0 Å². The van der Waals surface area contributed by atoms with Crippen molar-refractivity contribution in [1.82, 2.24) is 0 Å². The fourth-order valence-electron chi connectivity index (χ4n) is 0.296. The van der Waals surface area contributed by atoms with Crippen LogP contribution in [0, 0.1) is 0 Å². The van der Waals surface area contributed by atoms with E-state index in [2.05, 4.69) is 4.74 Å². The molecule has 0 saturated heterocycles. The van der Waals surface area contributed by atoms with Crippen molar-refractivity contribution in [2.75, 3.05) is 13.7 Å². The zero-order chi connectivity index (χ0) is 7.49. The summed E-state index contributed by atoms with van der Waals surface area (Å²) in [5.74, 6) is -0.926. The number of halogens is 1. The number of ether oxygens (including phenoxy) is 1. The number of alkyl halides is 1. The topological polar surface area (TPSA) is 52.3 Å². The van der Waals surface area contributed by atoms with Crippen LogP contribution in [0.5, 0.6) is 0 Å². The third-order valence-electron chi connectivity index (χ3n) is 0.994. The zero-order valence-corrected chi connectivity index (χ0v) is 5.48. The zero-order valence-electron chi connectivity index (χ0n) is 5.48. The Balaban J connectivity index is 3.97. The third kappa shape index (κ3) is 1.97. The maximum Gasteiger partial charge on any atom is 0.344 e. The molecule has 4 heteroatoms. The lowest BCUT2D eigenvalue weighted by atomic mass is 10.1. The average Bonchev–Trinajstić information content (AvgIpc) is 1.86. The van der Waals surface area contributed by atoms with Crippen molar-refractivity contribution >= 4 is 5.97 Å². The molecule has 0 bridgehead atoms. The van der Waals surface area contributed by atoms with Crippen LogP contribution in [0.2, 0.25) is 0 Å². The maximum absolute atomic E-state index is 12.6. The van der Waals surface area contributed by atoms with Crippen LogP contribution in [0.4, 0.5) is 4.39 Å². The van der Waals surface area contributed by atoms with E-state index in [9.17, 15) is 9.18 Å². The van der Waals surface area contributed by atoms with Gasteiger partial charge in [0.05, 0.1) is 7.11 Å². The molecule has 0 aromatic rings. The van der Waals surface area contributed by atoms with Gasteiger partial charge in [-0.15, -0.1) is 0 Å². The highest BCUT2D eigenvalue weighted by Crippen LogP contribution is 2.08. The smallest absolute Gasteiger partial charge is 0.344 e. The molecule has 0 amide bonds. The van der Waals surface area contributed by atoms with E-state index in [4.69, 9.17) is 5.73 Å². The summed E-state index contributed by atoms with van der Waals surface area (Å²) in [6.45, 7) is 0.735. The quantitative estimate of drug-likeness (QED) is 0.535. The van der Waals surface area contributed by atoms with E-state index >= 15 is 0 Å². The van der Waals surface area contributed by atoms with Crippen molar-refractivity contribution in [1.29, 1.82) is 0 Å². The molecule has 0 radical (unpaired) electrons. The molecule has 0 rings (SSSR count). The van der Waals surface area contributed by atoms with Crippen molar-refractivity contribution in [3.63, 3.8) is 0 Å². The van der Waals surface area contributed by atoms with Crippen LogP contribution in [0.3, 0.4) is 0 Å². The van der Waals surface area contributed by atoms with Crippen molar-refractivity contribution in [2.45, 2.75) is 12.6 Å². The molecular weight excluding hydrogens is 125 g/mol. The molecule has 0 fully saturated rings. The lowest BCUT2D eigenvalue weighted by Crippen LogP contribution is -2.39. The van der Waals surface area contributed by atoms with E-state index in [0.717, 1.165) is 14.0 Å². The Kier molecular flexibility index (Phi) is 2.58. The van der Waals surface area contributed by atoms with Gasteiger partial charge in [-0.1, -0.05) is 0 Å². The van der Waals surface area contributed by atoms with Gasteiger partial charge in [-0.25, -0.2) is 9.18 Å². The van der Waals surface area contributed by atoms with Gasteiger partial charge in [0, 0.05) is 6.54 Å². The summed E-state index contributed by atoms with van der Waals surface area (Å²) < 4.78 is 16.7. The van der Waals surface area contributed by atoms with Crippen molar-refractivity contribution in [3.05, 3.63) is 0 Å². The van der Waals surface area contributed by atoms with Gasteiger partial charge in [-0.05, 0) is 6.92 Å². The number of carbonyl (C=O) groups is 1. The average molecular weight is 135 g/mol. The van der Waals surface area contributed by atoms with Crippen LogP contribution in [-0.4, -0.2) is 25.3 Å². The van der Waals surface area contributed by atoms with Gasteiger partial charge in [-0.2, -0.15) is 0 Å². The number of rotatable bonds is 2. The van der Waals surface area contributed by atoms with Crippen LogP contribution in [0.15, 0.2) is 0 Å². The minimum Gasteiger partial charge on any atom is -0.467 e. The van der Waals surface area contributed by atoms with E-state index in [1.165, 1.54) is 0 Å². The fourth-order valence-corrected chi connectivity index (χ4v) is 0.296. The molecule has 0 aliphatic carbocycles. The Bertz CT molecular complexity index is 114. The van der Waals surface area contributed by atoms with Gasteiger partial charge in [0.1, 0.15) is 0 Å². The largest absolute Gasteiger partial charge is 0.467 e. The normalized spacial score (nSPS) is 16.4. The molecule has 0 spiro atoms. The Labute approximate surface area is 53.0 Å². The number of nitrogens with two attached hydrogens (primary N) is 1. The predicted molar refractivity (Wildman–Crippen MR) is 30.6 cm³/mol. The van der Waals surface area contributed by atoms with E-state index in [1.54, 1.807) is 0 Å². The number of esters is 1. The molecule has 0 aromatic carbocycles. The lowest BCUT2D eigenvalue weighted by molar-refractivity contribution is -0.152. The van der Waals surface area contributed by atoms with Crippen molar-refractivity contribution in [2.24, 2.45) is 5.73 Å². The second-order valence-electron chi connectivity index (χ2n) is 1.89. The highest BCUT2D eigenvalue weighted by molar-refractivity contribution is 5.78. The molecule has 54 valence electrons. The number of carbonyl (C=O) groups excluding carboxylic acids is 1. The first-order valence-electron chi connectivity index (χ1n) is 2.52. The van der Waals surface area contributed by atoms with Crippen molar-refractivity contribution in [3.8, 4) is 0 Å². The highest BCUT2D eigenvalue weighted by Gasteiger charge is 2.31. The summed E-state index contributed by atoms with van der Waals surface area (Å²) in [6.07, 6.45) is 0. The molecule has 3 nitrogen and oxygen atoms in total. The van der Waals surface area contributed by atoms with E-state index in [-0.39, 0.29) is 6.54 Å². The molecule has 0 aliphatic rings. The predicted octanol–water partition coefficient (Wildman–Crippen LogP) is -0.154. The molecule has 0 aliphatic heterocycles. The summed E-state index contributed by atoms with van der Waals surface area (Å²) in [4.78, 5) is 10.4. The monoisotopic (exact) mass is 135 g/mol. The third-order valence-corrected chi connectivity index (χ3v) is 0.994. The van der Waals surface area contributed by atoms with E-state index < -0.39 is 11.6 Å². The Morgan fingerprint density at radius 1 is 1.89 bits per heavy atom. The molecule has 2 N–H and O–H groups in total. The summed E-state index contributed by atoms with van der Waals surface area (Å²) in [6, 6.07) is 0. The molecule has 9 heavy (non-hydrogen) atoms. The summed E-state index contributed by atoms with van der Waals surface area (Å²) in [7, 11) is 1.12. The second kappa shape index (κ2) is 2.77. The van der Waals surface area contributed by atoms with Gasteiger partial charge < -0.3 is 10.5 Å². The first-order valence-corrected chi connectivity index (χ1v) is 2.52. The number of hydrogen-bond acceptors (Lipinski definition) is 3. The molecule has 0 saturated carbocycles. The van der Waals surface area contributed by atoms with Gasteiger partial charge >= 0.3 is 5.97 Å². The van der Waals surface area contributed by atoms with Crippen LogP contribution < -0.4 is 5.73 Å². The first kappa shape index (κ1) is 8.36. The number of hydrogen-bond donors (Lipinski definition) is 1. The Morgan fingerprint density at radius 3 is 2.44 bits per heavy atom. The van der Waals surface area contributed by atoms with Gasteiger partial charge in [0.15, 0.2) is 0 Å². The minimum absolute atomic E-state index is 0.348. The molecule has 1 atom stereocenters. The summed E-state index contributed by atoms with van der Waals surface area (Å²) in [5, 5.41) is 0. The van der Waals surface area contributed by atoms with Crippen molar-refractivity contribution < 1.29 is 13.9 Å². The second-order valence-corrected chi connectivity index (χ2v) is 1.89. The lowest BCUT2D eigenvalue weighted by Gasteiger charge is -2.13. The van der Waals surface area contributed by atoms with Crippen LogP contribution in [0.1, 0.15) is 6.92 Å². The van der Waals surface area contributed by atoms with Gasteiger partial charge in [0.25, 0.3) is 0 Å². The standard InChI is InChI=1S/C5H10FNO2/c1-5(6,3-7)4(8)9-2/h3,7H2,1-2H3. The SMILES string of the molecule is COC(=O)C(C)(F)CN. The van der Waals surface area contributed by atoms with Crippen LogP contribution in [-0.2, 0) is 9.53 Å². The van der Waals surface area contributed by atoms with Crippen LogP contribution >= 0.6 is 0 Å².